The molecule has 3 aromatic rings. The fraction of sp³-hybridized carbons (Fsp3) is 0.440. The molecule has 1 N–H and O–H groups in total. The topological polar surface area (TPSA) is 74.6 Å². The van der Waals surface area contributed by atoms with Crippen LogP contribution in [0.4, 0.5) is 0 Å². The Morgan fingerprint density at radius 3 is 2.79 bits per heavy atom. The Balaban J connectivity index is 1.40. The third kappa shape index (κ3) is 6.68. The number of hydrogen-bond acceptors (Lipinski definition) is 5. The lowest BCUT2D eigenvalue weighted by atomic mass is 10.1. The Bertz CT molecular complexity index is 1120. The molecule has 34 heavy (non-hydrogen) atoms. The molecule has 1 aliphatic heterocycles. The van der Waals surface area contributed by atoms with E-state index >= 15 is 0 Å². The molecular weight excluding hydrogens is 514 g/mol. The van der Waals surface area contributed by atoms with E-state index in [1.54, 1.807) is 0 Å². The minimum Gasteiger partial charge on any atom is -0.469 e. The molecule has 2 atom stereocenters. The van der Waals surface area contributed by atoms with E-state index in [1.807, 2.05) is 53.2 Å². The highest BCUT2D eigenvalue weighted by Gasteiger charge is 2.32. The molecule has 1 aliphatic rings. The van der Waals surface area contributed by atoms with Crippen molar-refractivity contribution in [2.45, 2.75) is 51.0 Å². The van der Waals surface area contributed by atoms with Crippen LogP contribution in [-0.4, -0.2) is 55.5 Å². The molecule has 3 heterocycles. The van der Waals surface area contributed by atoms with Gasteiger partial charge in [-0.3, -0.25) is 4.79 Å². The number of pyridine rings is 1. The minimum atomic E-state index is -1.13. The summed E-state index contributed by atoms with van der Waals surface area (Å²) in [6.45, 7) is 9.03. The van der Waals surface area contributed by atoms with E-state index in [4.69, 9.17) is 19.2 Å². The maximum absolute atomic E-state index is 12.5. The number of carbonyl (C=O) groups excluding carboxylic acids is 1. The van der Waals surface area contributed by atoms with Gasteiger partial charge >= 0.3 is 0 Å². The van der Waals surface area contributed by atoms with Crippen molar-refractivity contribution < 1.29 is 19.0 Å². The number of nitrogens with one attached hydrogen (secondary N) is 1. The molecule has 0 unspecified atom stereocenters. The summed E-state index contributed by atoms with van der Waals surface area (Å²) < 4.78 is 20.5. The van der Waals surface area contributed by atoms with Gasteiger partial charge in [0, 0.05) is 26.3 Å². The number of hydrogen-bond donors (Lipinski definition) is 1. The van der Waals surface area contributed by atoms with Crippen LogP contribution in [0.5, 0.6) is 5.88 Å². The van der Waals surface area contributed by atoms with Crippen LogP contribution in [0.3, 0.4) is 0 Å². The van der Waals surface area contributed by atoms with E-state index in [2.05, 4.69) is 40.9 Å². The van der Waals surface area contributed by atoms with Gasteiger partial charge in [-0.15, -0.1) is 0 Å². The standard InChI is InChI=1S/C25H32BrN3O4Si/c1-34(2,3)12-11-31-17-29-10-9-19-14-20(26)25(28-24(19)29)33-22-16-32-15-21(22)27-23(30)13-18-7-5-4-6-8-18/h4-10,14,21-22H,11-13,15-17H2,1-3H3,(H,27,30)/t21-,22+/m0/s1. The van der Waals surface area contributed by atoms with Crippen LogP contribution in [0.1, 0.15) is 5.56 Å². The molecule has 7 nitrogen and oxygen atoms in total. The van der Waals surface area contributed by atoms with Crippen LogP contribution < -0.4 is 10.1 Å². The highest BCUT2D eigenvalue weighted by molar-refractivity contribution is 9.10. The van der Waals surface area contributed by atoms with Gasteiger partial charge in [-0.2, -0.15) is 4.98 Å². The third-order valence-corrected chi connectivity index (χ3v) is 8.00. The summed E-state index contributed by atoms with van der Waals surface area (Å²) in [7, 11) is -1.13. The van der Waals surface area contributed by atoms with Gasteiger partial charge in [0.25, 0.3) is 0 Å². The van der Waals surface area contributed by atoms with Crippen molar-refractivity contribution in [2.24, 2.45) is 0 Å². The molecule has 1 aromatic carbocycles. The minimum absolute atomic E-state index is 0.0536. The van der Waals surface area contributed by atoms with Crippen molar-refractivity contribution in [1.29, 1.82) is 0 Å². The van der Waals surface area contributed by atoms with Gasteiger partial charge in [0.15, 0.2) is 0 Å². The lowest BCUT2D eigenvalue weighted by molar-refractivity contribution is -0.121. The summed E-state index contributed by atoms with van der Waals surface area (Å²) in [6, 6.07) is 14.6. The normalized spacial score (nSPS) is 18.4. The summed E-state index contributed by atoms with van der Waals surface area (Å²) in [5.41, 5.74) is 1.77. The molecule has 182 valence electrons. The number of rotatable bonds is 10. The Morgan fingerprint density at radius 1 is 1.24 bits per heavy atom. The van der Waals surface area contributed by atoms with Gasteiger partial charge in [0.05, 0.1) is 30.1 Å². The van der Waals surface area contributed by atoms with Crippen molar-refractivity contribution in [3.05, 3.63) is 58.7 Å². The number of amides is 1. The van der Waals surface area contributed by atoms with Crippen molar-refractivity contribution in [1.82, 2.24) is 14.9 Å². The highest BCUT2D eigenvalue weighted by Crippen LogP contribution is 2.29. The average molecular weight is 547 g/mol. The number of benzene rings is 1. The Labute approximate surface area is 209 Å². The first-order valence-electron chi connectivity index (χ1n) is 11.6. The molecule has 0 spiro atoms. The summed E-state index contributed by atoms with van der Waals surface area (Å²) in [6.07, 6.45) is 1.98. The van der Waals surface area contributed by atoms with Crippen LogP contribution >= 0.6 is 15.9 Å². The predicted molar refractivity (Wildman–Crippen MR) is 139 cm³/mol. The molecule has 1 fully saturated rings. The van der Waals surface area contributed by atoms with E-state index in [0.717, 1.165) is 33.7 Å². The number of ether oxygens (including phenoxy) is 3. The molecule has 0 radical (unpaired) electrons. The maximum atomic E-state index is 12.5. The summed E-state index contributed by atoms with van der Waals surface area (Å²) >= 11 is 3.58. The monoisotopic (exact) mass is 545 g/mol. The van der Waals surface area contributed by atoms with Crippen molar-refractivity contribution in [3.63, 3.8) is 0 Å². The maximum Gasteiger partial charge on any atom is 0.230 e. The summed E-state index contributed by atoms with van der Waals surface area (Å²) in [4.78, 5) is 17.3. The van der Waals surface area contributed by atoms with Crippen LogP contribution in [0, 0.1) is 0 Å². The first-order valence-corrected chi connectivity index (χ1v) is 16.1. The zero-order valence-electron chi connectivity index (χ0n) is 19.9. The number of nitrogens with zero attached hydrogens (tertiary/aromatic N) is 2. The number of carbonyl (C=O) groups is 1. The van der Waals surface area contributed by atoms with Crippen molar-refractivity contribution in [2.75, 3.05) is 19.8 Å². The molecular formula is C25H32BrN3O4Si. The fourth-order valence-corrected chi connectivity index (χ4v) is 4.95. The van der Waals surface area contributed by atoms with Gasteiger partial charge in [0.2, 0.25) is 11.8 Å². The Morgan fingerprint density at radius 2 is 2.03 bits per heavy atom. The van der Waals surface area contributed by atoms with E-state index in [1.165, 1.54) is 0 Å². The zero-order valence-corrected chi connectivity index (χ0v) is 22.5. The molecule has 1 saturated heterocycles. The van der Waals surface area contributed by atoms with Crippen LogP contribution in [-0.2, 0) is 27.4 Å². The lowest BCUT2D eigenvalue weighted by Gasteiger charge is -2.21. The largest absolute Gasteiger partial charge is 0.469 e. The van der Waals surface area contributed by atoms with Gasteiger partial charge in [0.1, 0.15) is 18.5 Å². The first kappa shape index (κ1) is 24.9. The number of fused-ring (bicyclic) bond motifs is 1. The molecule has 2 aromatic heterocycles. The van der Waals surface area contributed by atoms with Crippen LogP contribution in [0.2, 0.25) is 25.7 Å². The molecule has 1 amide bonds. The first-order chi connectivity index (χ1) is 16.3. The zero-order chi connectivity index (χ0) is 24.1. The highest BCUT2D eigenvalue weighted by atomic mass is 79.9. The van der Waals surface area contributed by atoms with Gasteiger partial charge < -0.3 is 24.1 Å². The SMILES string of the molecule is C[Si](C)(C)CCOCn1ccc2cc(Br)c(O[C@@H]3COC[C@@H]3NC(=O)Cc3ccccc3)nc21. The van der Waals surface area contributed by atoms with E-state index in [0.29, 0.717) is 32.2 Å². The van der Waals surface area contributed by atoms with E-state index in [9.17, 15) is 4.79 Å². The molecule has 4 rings (SSSR count). The van der Waals surface area contributed by atoms with Gasteiger partial charge in [-0.05, 0) is 39.7 Å². The Hall–Kier alpha value is -2.20. The number of aromatic nitrogens is 2. The lowest BCUT2D eigenvalue weighted by Crippen LogP contribution is -2.45. The predicted octanol–water partition coefficient (Wildman–Crippen LogP) is 4.62. The van der Waals surface area contributed by atoms with Crippen molar-refractivity contribution in [3.8, 4) is 5.88 Å². The second-order valence-electron chi connectivity index (χ2n) is 9.85. The van der Waals surface area contributed by atoms with Gasteiger partial charge in [-0.25, -0.2) is 0 Å². The molecule has 0 bridgehead atoms. The van der Waals surface area contributed by atoms with Crippen LogP contribution in [0.15, 0.2) is 53.1 Å². The summed E-state index contributed by atoms with van der Waals surface area (Å²) in [5.74, 6) is 0.425. The third-order valence-electron chi connectivity index (χ3n) is 5.73. The van der Waals surface area contributed by atoms with Crippen molar-refractivity contribution >= 4 is 40.9 Å². The second kappa shape index (κ2) is 11.0. The smallest absolute Gasteiger partial charge is 0.230 e. The Kier molecular flexibility index (Phi) is 8.08. The van der Waals surface area contributed by atoms with Gasteiger partial charge in [-0.1, -0.05) is 50.0 Å². The van der Waals surface area contributed by atoms with E-state index in [-0.39, 0.29) is 18.1 Å². The quantitative estimate of drug-likeness (QED) is 0.297. The fourth-order valence-electron chi connectivity index (χ4n) is 3.77. The molecule has 0 saturated carbocycles. The molecule has 0 aliphatic carbocycles. The average Bonchev–Trinajstić information content (AvgIpc) is 3.38. The van der Waals surface area contributed by atoms with Crippen LogP contribution in [0.25, 0.3) is 11.0 Å². The second-order valence-corrected chi connectivity index (χ2v) is 16.3. The number of halogens is 1. The van der Waals surface area contributed by atoms with E-state index < -0.39 is 8.07 Å². The molecule has 9 heteroatoms. The summed E-state index contributed by atoms with van der Waals surface area (Å²) in [5, 5.41) is 4.06.